The number of aromatic nitrogens is 2. The molecule has 24 heavy (non-hydrogen) atoms. The molecule has 0 N–H and O–H groups in total. The molecular weight excluding hydrogens is 321 g/mol. The third kappa shape index (κ3) is 3.02. The average molecular weight is 338 g/mol. The highest BCUT2D eigenvalue weighted by molar-refractivity contribution is 5.89. The number of fused-ring (bicyclic) bond motifs is 1. The number of alkyl halides is 3. The van der Waals surface area contributed by atoms with Crippen LogP contribution in [0.25, 0.3) is 5.69 Å². The van der Waals surface area contributed by atoms with Crippen molar-refractivity contribution in [1.29, 1.82) is 0 Å². The van der Waals surface area contributed by atoms with Crippen LogP contribution in [0.5, 0.6) is 0 Å². The maximum Gasteiger partial charge on any atom is 0.416 e. The minimum Gasteiger partial charge on any atom is -0.461 e. The average Bonchev–Trinajstić information content (AvgIpc) is 2.94. The first-order chi connectivity index (χ1) is 11.4. The molecule has 0 bridgehead atoms. The Labute approximate surface area is 137 Å². The predicted octanol–water partition coefficient (Wildman–Crippen LogP) is 3.95. The largest absolute Gasteiger partial charge is 0.461 e. The van der Waals surface area contributed by atoms with E-state index < -0.39 is 17.7 Å². The first-order valence-corrected chi connectivity index (χ1v) is 7.87. The van der Waals surface area contributed by atoms with Gasteiger partial charge < -0.3 is 4.74 Å². The number of carbonyl (C=O) groups excluding carboxylic acids is 1. The van der Waals surface area contributed by atoms with Crippen molar-refractivity contribution in [2.24, 2.45) is 0 Å². The summed E-state index contributed by atoms with van der Waals surface area (Å²) in [6.45, 7) is 1.93. The van der Waals surface area contributed by atoms with E-state index in [2.05, 4.69) is 5.10 Å². The summed E-state index contributed by atoms with van der Waals surface area (Å²) >= 11 is 0. The van der Waals surface area contributed by atoms with Gasteiger partial charge in [0.1, 0.15) is 0 Å². The number of carbonyl (C=O) groups is 1. The standard InChI is InChI=1S/C17H17F3N2O2/c1-2-24-16(23)15-13-8-3-4-9-14(13)22(21-15)12-7-5-6-11(10-12)17(18,19)20/h5-7,10H,2-4,8-9H2,1H3. The van der Waals surface area contributed by atoms with Crippen molar-refractivity contribution < 1.29 is 22.7 Å². The molecule has 0 spiro atoms. The quantitative estimate of drug-likeness (QED) is 0.796. The van der Waals surface area contributed by atoms with E-state index in [0.29, 0.717) is 18.5 Å². The van der Waals surface area contributed by atoms with E-state index in [-0.39, 0.29) is 12.3 Å². The van der Waals surface area contributed by atoms with Crippen LogP contribution in [0, 0.1) is 0 Å². The molecular formula is C17H17F3N2O2. The summed E-state index contributed by atoms with van der Waals surface area (Å²) in [6, 6.07) is 4.98. The second-order valence-electron chi connectivity index (χ2n) is 5.66. The van der Waals surface area contributed by atoms with Gasteiger partial charge in [-0.15, -0.1) is 0 Å². The Kier molecular flexibility index (Phi) is 4.34. The summed E-state index contributed by atoms with van der Waals surface area (Å²) in [6.07, 6.45) is -1.22. The van der Waals surface area contributed by atoms with E-state index in [1.807, 2.05) is 0 Å². The Balaban J connectivity index is 2.10. The molecule has 3 rings (SSSR count). The Morgan fingerprint density at radius 3 is 2.75 bits per heavy atom. The molecule has 1 aliphatic rings. The van der Waals surface area contributed by atoms with Crippen LogP contribution >= 0.6 is 0 Å². The van der Waals surface area contributed by atoms with Crippen molar-refractivity contribution >= 4 is 5.97 Å². The maximum absolute atomic E-state index is 13.0. The highest BCUT2D eigenvalue weighted by Crippen LogP contribution is 2.32. The van der Waals surface area contributed by atoms with E-state index >= 15 is 0 Å². The number of nitrogens with zero attached hydrogens (tertiary/aromatic N) is 2. The van der Waals surface area contributed by atoms with E-state index in [0.717, 1.165) is 36.2 Å². The van der Waals surface area contributed by atoms with Gasteiger partial charge in [-0.05, 0) is 50.8 Å². The molecule has 2 aromatic rings. The number of hydrogen-bond acceptors (Lipinski definition) is 3. The van der Waals surface area contributed by atoms with E-state index in [9.17, 15) is 18.0 Å². The lowest BCUT2D eigenvalue weighted by Crippen LogP contribution is -2.10. The zero-order valence-corrected chi connectivity index (χ0v) is 13.2. The van der Waals surface area contributed by atoms with Crippen molar-refractivity contribution in [3.63, 3.8) is 0 Å². The lowest BCUT2D eigenvalue weighted by Gasteiger charge is -2.15. The Bertz CT molecular complexity index is 766. The van der Waals surface area contributed by atoms with E-state index in [4.69, 9.17) is 4.74 Å². The zero-order chi connectivity index (χ0) is 17.3. The lowest BCUT2D eigenvalue weighted by atomic mass is 9.95. The third-order valence-electron chi connectivity index (χ3n) is 4.07. The second-order valence-corrected chi connectivity index (χ2v) is 5.66. The first-order valence-electron chi connectivity index (χ1n) is 7.87. The smallest absolute Gasteiger partial charge is 0.416 e. The van der Waals surface area contributed by atoms with Crippen molar-refractivity contribution in [3.8, 4) is 5.69 Å². The van der Waals surface area contributed by atoms with Crippen LogP contribution in [-0.2, 0) is 23.8 Å². The van der Waals surface area contributed by atoms with Gasteiger partial charge in [-0.2, -0.15) is 18.3 Å². The summed E-state index contributed by atoms with van der Waals surface area (Å²) in [5.41, 5.74) is 1.36. The minimum atomic E-state index is -4.42. The summed E-state index contributed by atoms with van der Waals surface area (Å²) in [5, 5.41) is 4.28. The van der Waals surface area contributed by atoms with Gasteiger partial charge in [0.15, 0.2) is 5.69 Å². The molecule has 4 nitrogen and oxygen atoms in total. The number of benzene rings is 1. The van der Waals surface area contributed by atoms with Crippen LogP contribution in [0.3, 0.4) is 0 Å². The van der Waals surface area contributed by atoms with Gasteiger partial charge >= 0.3 is 12.1 Å². The van der Waals surface area contributed by atoms with Crippen LogP contribution in [-0.4, -0.2) is 22.4 Å². The van der Waals surface area contributed by atoms with Gasteiger partial charge in [0, 0.05) is 11.3 Å². The first kappa shape index (κ1) is 16.5. The number of halogens is 3. The number of ether oxygens (including phenoxy) is 1. The second kappa shape index (κ2) is 6.30. The van der Waals surface area contributed by atoms with Crippen molar-refractivity contribution in [1.82, 2.24) is 9.78 Å². The highest BCUT2D eigenvalue weighted by Gasteiger charge is 2.31. The molecule has 0 saturated carbocycles. The number of hydrogen-bond donors (Lipinski definition) is 0. The number of esters is 1. The molecule has 0 aliphatic heterocycles. The number of rotatable bonds is 3. The summed E-state index contributed by atoms with van der Waals surface area (Å²) in [5.74, 6) is -0.527. The molecule has 0 fully saturated rings. The van der Waals surface area contributed by atoms with Crippen LogP contribution in [0.2, 0.25) is 0 Å². The molecule has 0 atom stereocenters. The van der Waals surface area contributed by atoms with Gasteiger partial charge in [-0.3, -0.25) is 0 Å². The molecule has 1 aromatic carbocycles. The molecule has 0 unspecified atom stereocenters. The Hall–Kier alpha value is -2.31. The monoisotopic (exact) mass is 338 g/mol. The third-order valence-corrected chi connectivity index (χ3v) is 4.07. The summed E-state index contributed by atoms with van der Waals surface area (Å²) in [7, 11) is 0. The minimum absolute atomic E-state index is 0.212. The van der Waals surface area contributed by atoms with Crippen LogP contribution < -0.4 is 0 Å². The van der Waals surface area contributed by atoms with Gasteiger partial charge in [0.2, 0.25) is 0 Å². The molecule has 0 amide bonds. The van der Waals surface area contributed by atoms with Crippen molar-refractivity contribution in [2.45, 2.75) is 38.8 Å². The van der Waals surface area contributed by atoms with Gasteiger partial charge in [0.25, 0.3) is 0 Å². The zero-order valence-electron chi connectivity index (χ0n) is 13.2. The summed E-state index contributed by atoms with van der Waals surface area (Å²) < 4.78 is 45.3. The molecule has 128 valence electrons. The van der Waals surface area contributed by atoms with Crippen LogP contribution in [0.1, 0.15) is 47.1 Å². The fourth-order valence-electron chi connectivity index (χ4n) is 2.99. The Morgan fingerprint density at radius 1 is 1.29 bits per heavy atom. The van der Waals surface area contributed by atoms with Crippen molar-refractivity contribution in [3.05, 3.63) is 46.8 Å². The molecule has 7 heteroatoms. The lowest BCUT2D eigenvalue weighted by molar-refractivity contribution is -0.137. The fraction of sp³-hybridized carbons (Fsp3) is 0.412. The maximum atomic E-state index is 13.0. The highest BCUT2D eigenvalue weighted by atomic mass is 19.4. The van der Waals surface area contributed by atoms with Gasteiger partial charge in [-0.25, -0.2) is 9.48 Å². The van der Waals surface area contributed by atoms with E-state index in [1.165, 1.54) is 10.7 Å². The topological polar surface area (TPSA) is 44.1 Å². The molecule has 1 aromatic heterocycles. The predicted molar refractivity (Wildman–Crippen MR) is 81.2 cm³/mol. The van der Waals surface area contributed by atoms with Gasteiger partial charge in [0.05, 0.1) is 17.9 Å². The molecule has 0 saturated heterocycles. The van der Waals surface area contributed by atoms with Gasteiger partial charge in [-0.1, -0.05) is 6.07 Å². The molecule has 1 aliphatic carbocycles. The van der Waals surface area contributed by atoms with Crippen molar-refractivity contribution in [2.75, 3.05) is 6.61 Å². The fourth-order valence-corrected chi connectivity index (χ4v) is 2.99. The molecule has 0 radical (unpaired) electrons. The summed E-state index contributed by atoms with van der Waals surface area (Å²) in [4.78, 5) is 12.1. The Morgan fingerprint density at radius 2 is 2.04 bits per heavy atom. The molecule has 1 heterocycles. The van der Waals surface area contributed by atoms with Crippen LogP contribution in [0.15, 0.2) is 24.3 Å². The normalized spacial score (nSPS) is 14.3. The van der Waals surface area contributed by atoms with Crippen LogP contribution in [0.4, 0.5) is 13.2 Å². The van der Waals surface area contributed by atoms with E-state index in [1.54, 1.807) is 13.0 Å². The SMILES string of the molecule is CCOC(=O)c1nn(-c2cccc(C(F)(F)F)c2)c2c1CCCC2.